The van der Waals surface area contributed by atoms with E-state index in [1.54, 1.807) is 30.5 Å². The van der Waals surface area contributed by atoms with E-state index >= 15 is 0 Å². The summed E-state index contributed by atoms with van der Waals surface area (Å²) >= 11 is 1.22. The summed E-state index contributed by atoms with van der Waals surface area (Å²) in [6.07, 6.45) is 0.528. The predicted molar refractivity (Wildman–Crippen MR) is 106 cm³/mol. The Balaban J connectivity index is 1.70. The zero-order valence-corrected chi connectivity index (χ0v) is 17.4. The number of aliphatic hydroxyl groups excluding tert-OH is 1. The number of ether oxygens (including phenoxy) is 2. The number of carbonyl (C=O) groups excluding carboxylic acids is 3. The van der Waals surface area contributed by atoms with Gasteiger partial charge >= 0.3 is 5.97 Å². The smallest absolute Gasteiger partial charge is 0.361 e. The van der Waals surface area contributed by atoms with Gasteiger partial charge in [-0.25, -0.2) is 4.79 Å². The normalized spacial score (nSPS) is 19.9. The molecule has 1 saturated heterocycles. The molecule has 11 heteroatoms. The Morgan fingerprint density at radius 1 is 1.38 bits per heavy atom. The van der Waals surface area contributed by atoms with E-state index in [9.17, 15) is 23.7 Å². The maximum absolute atomic E-state index is 12.3. The molecule has 3 rings (SSSR count). The van der Waals surface area contributed by atoms with Crippen molar-refractivity contribution >= 4 is 40.3 Å². The maximum atomic E-state index is 12.3. The molecule has 0 spiro atoms. The molecule has 9 nitrogen and oxygen atoms in total. The molecule has 0 bridgehead atoms. The fourth-order valence-corrected chi connectivity index (χ4v) is 4.31. The summed E-state index contributed by atoms with van der Waals surface area (Å²) in [6, 6.07) is 6.24. The van der Waals surface area contributed by atoms with Crippen LogP contribution in [0.1, 0.15) is 23.7 Å². The van der Waals surface area contributed by atoms with Crippen LogP contribution in [0.3, 0.4) is 0 Å². The molecule has 1 aromatic carbocycles. The van der Waals surface area contributed by atoms with Crippen molar-refractivity contribution in [2.45, 2.75) is 25.0 Å². The number of benzene rings is 1. The zero-order chi connectivity index (χ0) is 21.1. The van der Waals surface area contributed by atoms with E-state index in [1.165, 1.54) is 23.6 Å². The summed E-state index contributed by atoms with van der Waals surface area (Å²) in [4.78, 5) is 37.5. The van der Waals surface area contributed by atoms with Crippen molar-refractivity contribution in [3.63, 3.8) is 0 Å². The standard InChI is InChI=1S/C18H20N2O7S2/c1-10(21)26-17(24)15-18(28-14-9-13(22)20(14)15)27-12-5-3-11(4-6-12)16(23)19-7-8-29(2)25/h3-6,10,14,21H,7-9H2,1-2H3,(H,19,23)/t10-,14-,29?/m1/s1. The van der Waals surface area contributed by atoms with Crippen LogP contribution >= 0.6 is 11.8 Å². The lowest BCUT2D eigenvalue weighted by Gasteiger charge is -2.33. The number of aliphatic hydroxyl groups is 1. The highest BCUT2D eigenvalue weighted by Gasteiger charge is 2.50. The van der Waals surface area contributed by atoms with Crippen LogP contribution < -0.4 is 10.1 Å². The Bertz CT molecular complexity index is 883. The first-order chi connectivity index (χ1) is 13.8. The van der Waals surface area contributed by atoms with Gasteiger partial charge in [0.05, 0.1) is 11.8 Å². The van der Waals surface area contributed by atoms with Crippen LogP contribution in [0.15, 0.2) is 35.1 Å². The average molecular weight is 440 g/mol. The summed E-state index contributed by atoms with van der Waals surface area (Å²) in [7, 11) is -0.983. The Kier molecular flexibility index (Phi) is 6.60. The van der Waals surface area contributed by atoms with Crippen molar-refractivity contribution in [1.82, 2.24) is 10.2 Å². The van der Waals surface area contributed by atoms with Crippen LogP contribution in [0.25, 0.3) is 0 Å². The molecule has 1 aromatic rings. The minimum absolute atomic E-state index is 0.0356. The third-order valence-electron chi connectivity index (χ3n) is 4.06. The van der Waals surface area contributed by atoms with E-state index < -0.39 is 23.1 Å². The van der Waals surface area contributed by atoms with E-state index in [-0.39, 0.29) is 34.4 Å². The first-order valence-electron chi connectivity index (χ1n) is 8.74. The first-order valence-corrected chi connectivity index (χ1v) is 11.3. The number of nitrogens with zero attached hydrogens (tertiary/aromatic N) is 1. The molecule has 0 aromatic heterocycles. The van der Waals surface area contributed by atoms with E-state index in [0.717, 1.165) is 0 Å². The van der Waals surface area contributed by atoms with Crippen molar-refractivity contribution in [2.24, 2.45) is 0 Å². The fourth-order valence-electron chi connectivity index (χ4n) is 2.68. The van der Waals surface area contributed by atoms with Crippen molar-refractivity contribution in [3.05, 3.63) is 40.6 Å². The lowest BCUT2D eigenvalue weighted by molar-refractivity contribution is -0.165. The van der Waals surface area contributed by atoms with Gasteiger partial charge in [0.2, 0.25) is 5.91 Å². The average Bonchev–Trinajstić information content (AvgIpc) is 2.93. The number of hydrogen-bond acceptors (Lipinski definition) is 8. The van der Waals surface area contributed by atoms with E-state index in [1.807, 2.05) is 0 Å². The van der Waals surface area contributed by atoms with E-state index in [0.29, 0.717) is 23.6 Å². The van der Waals surface area contributed by atoms with Crippen LogP contribution in [0, 0.1) is 0 Å². The molecule has 1 unspecified atom stereocenters. The van der Waals surface area contributed by atoms with Crippen molar-refractivity contribution in [1.29, 1.82) is 0 Å². The minimum atomic E-state index is -1.32. The second kappa shape index (κ2) is 8.97. The third-order valence-corrected chi connectivity index (χ3v) is 5.98. The lowest BCUT2D eigenvalue weighted by atomic mass is 10.2. The molecule has 0 radical (unpaired) electrons. The molecular formula is C18H20N2O7S2. The van der Waals surface area contributed by atoms with Crippen molar-refractivity contribution in [2.75, 3.05) is 18.6 Å². The number of carbonyl (C=O) groups is 3. The lowest BCUT2D eigenvalue weighted by Crippen LogP contribution is -2.48. The van der Waals surface area contributed by atoms with Gasteiger partial charge in [0.25, 0.3) is 5.91 Å². The van der Waals surface area contributed by atoms with Crippen LogP contribution in [0.2, 0.25) is 0 Å². The molecule has 2 N–H and O–H groups in total. The molecule has 2 aliphatic rings. The monoisotopic (exact) mass is 440 g/mol. The Hall–Kier alpha value is -2.37. The number of β-lactam (4-membered cyclic amide) rings is 1. The highest BCUT2D eigenvalue weighted by Crippen LogP contribution is 2.46. The van der Waals surface area contributed by atoms with Gasteiger partial charge in [0.15, 0.2) is 17.1 Å². The SMILES string of the molecule is C[C@H](O)OC(=O)C1=C(Oc2ccc(C(=O)NCCS(C)=O)cc2)S[C@@H]2CC(=O)N12. The van der Waals surface area contributed by atoms with Crippen molar-refractivity contribution < 1.29 is 33.2 Å². The number of rotatable bonds is 8. The summed E-state index contributed by atoms with van der Waals surface area (Å²) in [5.41, 5.74) is 0.367. The molecule has 2 aliphatic heterocycles. The number of esters is 1. The molecule has 2 amide bonds. The quantitative estimate of drug-likeness (QED) is 0.341. The summed E-state index contributed by atoms with van der Waals surface area (Å²) in [6.45, 7) is 1.60. The molecular weight excluding hydrogens is 420 g/mol. The van der Waals surface area contributed by atoms with Gasteiger partial charge in [-0.1, -0.05) is 11.8 Å². The second-order valence-corrected chi connectivity index (χ2v) is 9.05. The van der Waals surface area contributed by atoms with Gasteiger partial charge in [-0.15, -0.1) is 0 Å². The number of nitrogens with one attached hydrogen (secondary N) is 1. The number of amides is 2. The van der Waals surface area contributed by atoms with Gasteiger partial charge in [-0.3, -0.25) is 18.7 Å². The number of fused-ring (bicyclic) bond motifs is 1. The predicted octanol–water partition coefficient (Wildman–Crippen LogP) is 0.529. The fraction of sp³-hybridized carbons (Fsp3) is 0.389. The van der Waals surface area contributed by atoms with Crippen LogP contribution in [0.4, 0.5) is 0 Å². The van der Waals surface area contributed by atoms with Gasteiger partial charge in [0, 0.05) is 34.9 Å². The van der Waals surface area contributed by atoms with Crippen LogP contribution in [-0.4, -0.2) is 62.2 Å². The molecule has 0 saturated carbocycles. The minimum Gasteiger partial charge on any atom is -0.448 e. The maximum Gasteiger partial charge on any atom is 0.361 e. The molecule has 3 atom stereocenters. The third kappa shape index (κ3) is 4.98. The summed E-state index contributed by atoms with van der Waals surface area (Å²) in [5.74, 6) is -0.621. The van der Waals surface area contributed by atoms with Crippen LogP contribution in [0.5, 0.6) is 5.75 Å². The Morgan fingerprint density at radius 2 is 2.07 bits per heavy atom. The molecule has 29 heavy (non-hydrogen) atoms. The molecule has 0 aliphatic carbocycles. The second-order valence-electron chi connectivity index (χ2n) is 6.34. The number of thioether (sulfide) groups is 1. The molecule has 2 heterocycles. The largest absolute Gasteiger partial charge is 0.448 e. The van der Waals surface area contributed by atoms with Crippen molar-refractivity contribution in [3.8, 4) is 5.75 Å². The van der Waals surface area contributed by atoms with Gasteiger partial charge in [0.1, 0.15) is 5.75 Å². The van der Waals surface area contributed by atoms with Gasteiger partial charge in [-0.2, -0.15) is 0 Å². The van der Waals surface area contributed by atoms with Crippen LogP contribution in [-0.2, 0) is 25.1 Å². The molecule has 1 fully saturated rings. The Morgan fingerprint density at radius 3 is 2.66 bits per heavy atom. The van der Waals surface area contributed by atoms with Gasteiger partial charge < -0.3 is 19.9 Å². The van der Waals surface area contributed by atoms with Gasteiger partial charge in [-0.05, 0) is 31.2 Å². The number of hydrogen-bond donors (Lipinski definition) is 2. The Labute approximate surface area is 173 Å². The molecule has 156 valence electrons. The van der Waals surface area contributed by atoms with E-state index in [2.05, 4.69) is 5.32 Å². The first kappa shape index (κ1) is 21.3. The highest BCUT2D eigenvalue weighted by molar-refractivity contribution is 8.03. The summed E-state index contributed by atoms with van der Waals surface area (Å²) in [5, 5.41) is 11.9. The highest BCUT2D eigenvalue weighted by atomic mass is 32.2. The topological polar surface area (TPSA) is 122 Å². The zero-order valence-electron chi connectivity index (χ0n) is 15.7. The summed E-state index contributed by atoms with van der Waals surface area (Å²) < 4.78 is 21.6. The van der Waals surface area contributed by atoms with E-state index in [4.69, 9.17) is 9.47 Å².